The molecule has 36 heavy (non-hydrogen) atoms. The number of ketones is 1. The first kappa shape index (κ1) is 21.6. The van der Waals surface area contributed by atoms with E-state index < -0.39 is 75.5 Å². The van der Waals surface area contributed by atoms with Crippen molar-refractivity contribution in [2.75, 3.05) is 6.61 Å². The molecule has 3 aromatic rings. The fourth-order valence-corrected chi connectivity index (χ4v) is 4.02. The lowest BCUT2D eigenvalue weighted by Gasteiger charge is -2.23. The summed E-state index contributed by atoms with van der Waals surface area (Å²) in [5.74, 6) is -3.22. The van der Waals surface area contributed by atoms with Crippen LogP contribution in [0.5, 0.6) is 0 Å². The number of aromatic nitrogens is 4. The molecule has 0 spiro atoms. The zero-order chi connectivity index (χ0) is 28.1. The minimum Gasteiger partial charge on any atom is -0.463 e. The summed E-state index contributed by atoms with van der Waals surface area (Å²) in [7, 11) is 0. The predicted octanol–water partition coefficient (Wildman–Crippen LogP) is 2.14. The molecule has 1 unspecified atom stereocenters. The van der Waals surface area contributed by atoms with Crippen molar-refractivity contribution in [2.45, 2.75) is 45.2 Å². The highest BCUT2D eigenvalue weighted by atomic mass is 79.9. The quantitative estimate of drug-likeness (QED) is 0.236. The molecule has 1 aliphatic heterocycles. The van der Waals surface area contributed by atoms with Gasteiger partial charge < -0.3 is 18.9 Å². The van der Waals surface area contributed by atoms with Crippen LogP contribution in [0.1, 0.15) is 47.1 Å². The van der Waals surface area contributed by atoms with Gasteiger partial charge in [0.2, 0.25) is 5.78 Å². The van der Waals surface area contributed by atoms with Crippen LogP contribution in [0.25, 0.3) is 11.2 Å². The van der Waals surface area contributed by atoms with Crippen LogP contribution >= 0.6 is 15.9 Å². The van der Waals surface area contributed by atoms with Gasteiger partial charge in [0, 0.05) is 34.8 Å². The summed E-state index contributed by atoms with van der Waals surface area (Å²) < 4.78 is 45.6. The summed E-state index contributed by atoms with van der Waals surface area (Å²) in [5, 5.41) is 0. The Bertz CT molecular complexity index is 1390. The number of fused-ring (bicyclic) bond motifs is 1. The zero-order valence-electron chi connectivity index (χ0n) is 21.5. The third-order valence-electron chi connectivity index (χ3n) is 5.18. The molecule has 4 rings (SSSR count). The minimum atomic E-state index is -1.36. The molecule has 0 aliphatic carbocycles. The number of imidazole rings is 1. The fraction of sp³-hybridized carbons (Fsp3) is 0.348. The maximum atomic E-state index is 13.2. The van der Waals surface area contributed by atoms with E-state index in [4.69, 9.17) is 23.1 Å². The van der Waals surface area contributed by atoms with Crippen LogP contribution in [0, 0.1) is 0 Å². The number of ether oxygens (including phenoxy) is 4. The van der Waals surface area contributed by atoms with Gasteiger partial charge in [0.1, 0.15) is 30.2 Å². The third kappa shape index (κ3) is 5.26. The van der Waals surface area contributed by atoms with Gasteiger partial charge >= 0.3 is 17.9 Å². The zero-order valence-corrected chi connectivity index (χ0v) is 20.1. The third-order valence-corrected chi connectivity index (χ3v) is 5.71. The van der Waals surface area contributed by atoms with E-state index in [9.17, 15) is 19.2 Å². The van der Waals surface area contributed by atoms with Gasteiger partial charge in [0.05, 0.1) is 6.33 Å². The smallest absolute Gasteiger partial charge is 0.303 e. The monoisotopic (exact) mass is 563 g/mol. The molecule has 0 amide bonds. The normalized spacial score (nSPS) is 22.3. The molecule has 3 heterocycles. The van der Waals surface area contributed by atoms with E-state index in [0.29, 0.717) is 5.56 Å². The molecule has 12 nitrogen and oxygen atoms in total. The average molecular weight is 564 g/mol. The van der Waals surface area contributed by atoms with Crippen molar-refractivity contribution in [1.29, 1.82) is 0 Å². The number of hydrogen-bond acceptors (Lipinski definition) is 11. The van der Waals surface area contributed by atoms with E-state index in [0.717, 1.165) is 10.8 Å². The van der Waals surface area contributed by atoms with Gasteiger partial charge in [-0.2, -0.15) is 0 Å². The summed E-state index contributed by atoms with van der Waals surface area (Å²) in [6.45, 7) is -2.63. The molecule has 188 valence electrons. The summed E-state index contributed by atoms with van der Waals surface area (Å²) in [6.07, 6.45) is -2.71. The van der Waals surface area contributed by atoms with Crippen LogP contribution in [-0.4, -0.2) is 68.1 Å². The van der Waals surface area contributed by atoms with Crippen LogP contribution < -0.4 is 0 Å². The lowest BCUT2D eigenvalue weighted by molar-refractivity contribution is -0.166. The predicted molar refractivity (Wildman–Crippen MR) is 125 cm³/mol. The van der Waals surface area contributed by atoms with Crippen LogP contribution in [0.15, 0.2) is 41.4 Å². The van der Waals surface area contributed by atoms with E-state index in [-0.39, 0.29) is 16.9 Å². The molecule has 2 aromatic heterocycles. The van der Waals surface area contributed by atoms with Crippen molar-refractivity contribution in [3.63, 3.8) is 0 Å². The van der Waals surface area contributed by atoms with Gasteiger partial charge in [-0.05, 0) is 24.3 Å². The van der Waals surface area contributed by atoms with Crippen molar-refractivity contribution >= 4 is 50.8 Å². The molecule has 1 aliphatic rings. The van der Waals surface area contributed by atoms with Gasteiger partial charge in [-0.15, -0.1) is 0 Å². The van der Waals surface area contributed by atoms with Gasteiger partial charge in [-0.1, -0.05) is 15.9 Å². The van der Waals surface area contributed by atoms with Crippen molar-refractivity contribution < 1.29 is 42.2 Å². The lowest BCUT2D eigenvalue weighted by Crippen LogP contribution is -2.40. The van der Waals surface area contributed by atoms with Crippen LogP contribution in [0.3, 0.4) is 0 Å². The van der Waals surface area contributed by atoms with Crippen LogP contribution in [0.4, 0.5) is 0 Å². The van der Waals surface area contributed by atoms with E-state index >= 15 is 0 Å². The maximum absolute atomic E-state index is 13.2. The number of rotatable bonds is 7. The average Bonchev–Trinajstić information content (AvgIpc) is 3.52. The Morgan fingerprint density at radius 1 is 1.00 bits per heavy atom. The molecule has 0 N–H and O–H groups in total. The van der Waals surface area contributed by atoms with Crippen molar-refractivity contribution in [3.8, 4) is 0 Å². The number of benzene rings is 1. The SMILES string of the molecule is [2H]CC(=O)OC[C@H]1OC(n2cnc3c(C(=O)c4ccc(Br)cc4)ncnc32)[C@H](OC(=O)C[2H])[C@@H]1OC(=O)C[2H]. The standard InChI is InChI=1S/C23H21BrN4O8/c1-11(29)33-8-16-20(34-12(2)30)21(35-13(3)31)23(36-16)28-10-27-18-17(25-9-26-22(18)28)19(32)14-4-6-15(24)7-5-14/h4-7,9-10,16,20-21,23H,8H2,1-3H3/t16-,20-,21-,23?/m1/s1/i1D,2D,3D. The first-order valence-electron chi connectivity index (χ1n) is 12.4. The second-order valence-corrected chi connectivity index (χ2v) is 8.46. The van der Waals surface area contributed by atoms with Crippen molar-refractivity contribution in [3.05, 3.63) is 52.7 Å². The van der Waals surface area contributed by atoms with Gasteiger partial charge in [0.25, 0.3) is 0 Å². The molecule has 4 atom stereocenters. The summed E-state index contributed by atoms with van der Waals surface area (Å²) in [6, 6.07) is 6.63. The van der Waals surface area contributed by atoms with E-state index in [1.807, 2.05) is 0 Å². The Labute approximate surface area is 217 Å². The topological polar surface area (TPSA) is 149 Å². The molecule has 0 saturated carbocycles. The first-order chi connectivity index (χ1) is 18.8. The highest BCUT2D eigenvalue weighted by Crippen LogP contribution is 2.36. The second-order valence-electron chi connectivity index (χ2n) is 7.54. The maximum Gasteiger partial charge on any atom is 0.303 e. The lowest BCUT2D eigenvalue weighted by atomic mass is 10.1. The molecule has 13 heteroatoms. The van der Waals surface area contributed by atoms with E-state index in [1.54, 1.807) is 24.3 Å². The summed E-state index contributed by atoms with van der Waals surface area (Å²) in [5.41, 5.74) is 0.586. The summed E-state index contributed by atoms with van der Waals surface area (Å²) in [4.78, 5) is 61.5. The molecule has 0 bridgehead atoms. The minimum absolute atomic E-state index is 0.00289. The highest BCUT2D eigenvalue weighted by molar-refractivity contribution is 9.10. The number of nitrogens with zero attached hydrogens (tertiary/aromatic N) is 4. The Balaban J connectivity index is 1.74. The van der Waals surface area contributed by atoms with Gasteiger partial charge in [0.15, 0.2) is 24.1 Å². The molecule has 1 fully saturated rings. The number of hydrogen-bond donors (Lipinski definition) is 0. The molecular weight excluding hydrogens is 540 g/mol. The van der Waals surface area contributed by atoms with E-state index in [1.165, 1.54) is 10.9 Å². The Morgan fingerprint density at radius 2 is 1.69 bits per heavy atom. The molecular formula is C23H21BrN4O8. The van der Waals surface area contributed by atoms with Gasteiger partial charge in [-0.3, -0.25) is 23.7 Å². The first-order valence-corrected chi connectivity index (χ1v) is 11.1. The number of carbonyl (C=O) groups excluding carboxylic acids is 4. The van der Waals surface area contributed by atoms with Crippen molar-refractivity contribution in [2.24, 2.45) is 0 Å². The number of halogens is 1. The Kier molecular flexibility index (Phi) is 6.29. The molecule has 1 aromatic carbocycles. The fourth-order valence-electron chi connectivity index (χ4n) is 3.75. The molecule has 1 saturated heterocycles. The van der Waals surface area contributed by atoms with Gasteiger partial charge in [-0.25, -0.2) is 15.0 Å². The van der Waals surface area contributed by atoms with Crippen molar-refractivity contribution in [1.82, 2.24) is 19.5 Å². The second kappa shape index (κ2) is 10.5. The van der Waals surface area contributed by atoms with Crippen LogP contribution in [0.2, 0.25) is 0 Å². The highest BCUT2D eigenvalue weighted by Gasteiger charge is 2.51. The largest absolute Gasteiger partial charge is 0.463 e. The number of esters is 3. The Hall–Kier alpha value is -3.71. The number of carbonyl (C=O) groups is 4. The molecule has 0 radical (unpaired) electrons. The van der Waals surface area contributed by atoms with E-state index in [2.05, 4.69) is 30.9 Å². The van der Waals surface area contributed by atoms with Crippen LogP contribution in [-0.2, 0) is 33.3 Å². The summed E-state index contributed by atoms with van der Waals surface area (Å²) >= 11 is 3.32. The Morgan fingerprint density at radius 3 is 2.39 bits per heavy atom.